The highest BCUT2D eigenvalue weighted by atomic mass is 32.2. The molecule has 1 aliphatic carbocycles. The second kappa shape index (κ2) is 7.68. The first-order chi connectivity index (χ1) is 14.3. The lowest BCUT2D eigenvalue weighted by molar-refractivity contribution is 0.193. The minimum absolute atomic E-state index is 0.120. The second-order valence-corrected chi connectivity index (χ2v) is 10.2. The topological polar surface area (TPSA) is 67.5 Å². The van der Waals surface area contributed by atoms with Gasteiger partial charge in [0.15, 0.2) is 0 Å². The van der Waals surface area contributed by atoms with Gasteiger partial charge >= 0.3 is 5.69 Å². The van der Waals surface area contributed by atoms with Crippen LogP contribution in [0.25, 0.3) is 11.0 Å². The van der Waals surface area contributed by atoms with Crippen LogP contribution >= 0.6 is 0 Å². The Morgan fingerprint density at radius 2 is 1.77 bits per heavy atom. The van der Waals surface area contributed by atoms with E-state index in [-0.39, 0.29) is 16.6 Å². The van der Waals surface area contributed by atoms with E-state index in [0.717, 1.165) is 18.4 Å². The number of hydrogen-bond donors (Lipinski definition) is 0. The Morgan fingerprint density at radius 3 is 2.47 bits per heavy atom. The summed E-state index contributed by atoms with van der Waals surface area (Å²) >= 11 is 0. The van der Waals surface area contributed by atoms with Crippen molar-refractivity contribution >= 4 is 21.1 Å². The molecule has 0 saturated carbocycles. The minimum atomic E-state index is -3.58. The summed E-state index contributed by atoms with van der Waals surface area (Å²) in [6.07, 6.45) is 2.04. The van der Waals surface area contributed by atoms with Crippen LogP contribution in [0.4, 0.5) is 0 Å². The van der Waals surface area contributed by atoms with Gasteiger partial charge in [-0.1, -0.05) is 24.3 Å². The van der Waals surface area contributed by atoms with E-state index >= 15 is 0 Å². The SMILES string of the molecule is CCn1c(=O)n(CN(C)C2CCc3ccccc32)c2cc(S(=O)(=O)N(C)C)ccc21. The lowest BCUT2D eigenvalue weighted by Crippen LogP contribution is -2.32. The highest BCUT2D eigenvalue weighted by Gasteiger charge is 2.27. The molecule has 4 rings (SSSR count). The largest absolute Gasteiger partial charge is 0.330 e. The van der Waals surface area contributed by atoms with Crippen molar-refractivity contribution in [3.63, 3.8) is 0 Å². The van der Waals surface area contributed by atoms with Gasteiger partial charge in [0.2, 0.25) is 10.0 Å². The molecule has 0 aliphatic heterocycles. The zero-order valence-electron chi connectivity index (χ0n) is 17.9. The van der Waals surface area contributed by atoms with Crippen LogP contribution in [0.3, 0.4) is 0 Å². The fourth-order valence-electron chi connectivity index (χ4n) is 4.43. The summed E-state index contributed by atoms with van der Waals surface area (Å²) in [6.45, 7) is 2.84. The minimum Gasteiger partial charge on any atom is -0.292 e. The predicted molar refractivity (Wildman–Crippen MR) is 118 cm³/mol. The average molecular weight is 429 g/mol. The second-order valence-electron chi connectivity index (χ2n) is 8.04. The zero-order chi connectivity index (χ0) is 21.6. The average Bonchev–Trinajstić information content (AvgIpc) is 3.26. The van der Waals surface area contributed by atoms with Crippen LogP contribution in [0.15, 0.2) is 52.2 Å². The van der Waals surface area contributed by atoms with Crippen molar-refractivity contribution in [2.24, 2.45) is 0 Å². The van der Waals surface area contributed by atoms with E-state index in [1.165, 1.54) is 29.5 Å². The lowest BCUT2D eigenvalue weighted by Gasteiger charge is -2.25. The number of nitrogens with zero attached hydrogens (tertiary/aromatic N) is 4. The fourth-order valence-corrected chi connectivity index (χ4v) is 5.35. The summed E-state index contributed by atoms with van der Waals surface area (Å²) in [5.74, 6) is 0. The Balaban J connectivity index is 1.78. The Labute approximate surface area is 177 Å². The van der Waals surface area contributed by atoms with Crippen LogP contribution in [-0.2, 0) is 29.7 Å². The normalized spacial score (nSPS) is 16.7. The van der Waals surface area contributed by atoms with Crippen molar-refractivity contribution in [1.82, 2.24) is 18.3 Å². The van der Waals surface area contributed by atoms with Crippen LogP contribution in [0.5, 0.6) is 0 Å². The van der Waals surface area contributed by atoms with Crippen LogP contribution in [0, 0.1) is 0 Å². The Hall–Kier alpha value is -2.42. The molecule has 0 fully saturated rings. The van der Waals surface area contributed by atoms with E-state index in [0.29, 0.717) is 18.7 Å². The maximum atomic E-state index is 13.1. The third kappa shape index (κ3) is 3.29. The van der Waals surface area contributed by atoms with Gasteiger partial charge in [-0.25, -0.2) is 17.5 Å². The Morgan fingerprint density at radius 1 is 1.03 bits per heavy atom. The van der Waals surface area contributed by atoms with Crippen LogP contribution in [0.1, 0.15) is 30.5 Å². The van der Waals surface area contributed by atoms with Gasteiger partial charge in [0.05, 0.1) is 22.6 Å². The first-order valence-electron chi connectivity index (χ1n) is 10.2. The summed E-state index contributed by atoms with van der Waals surface area (Å²) in [7, 11) is 1.46. The summed E-state index contributed by atoms with van der Waals surface area (Å²) in [5, 5.41) is 0. The smallest absolute Gasteiger partial charge is 0.292 e. The standard InChI is InChI=1S/C22H28N4O3S/c1-5-25-20-13-11-17(30(28,29)23(2)3)14-21(20)26(22(25)27)15-24(4)19-12-10-16-8-6-7-9-18(16)19/h6-9,11,13-14,19H,5,10,12,15H2,1-4H3. The monoisotopic (exact) mass is 428 g/mol. The van der Waals surface area contributed by atoms with Crippen molar-refractivity contribution in [3.8, 4) is 0 Å². The molecule has 7 nitrogen and oxygen atoms in total. The number of benzene rings is 2. The highest BCUT2D eigenvalue weighted by molar-refractivity contribution is 7.89. The van der Waals surface area contributed by atoms with Crippen molar-refractivity contribution in [2.75, 3.05) is 21.1 Å². The third-order valence-corrected chi connectivity index (χ3v) is 7.89. The van der Waals surface area contributed by atoms with Gasteiger partial charge in [-0.2, -0.15) is 0 Å². The van der Waals surface area contributed by atoms with Crippen LogP contribution in [0.2, 0.25) is 0 Å². The number of rotatable bonds is 6. The number of hydrogen-bond acceptors (Lipinski definition) is 4. The molecule has 0 radical (unpaired) electrons. The molecule has 1 aliphatic rings. The molecule has 160 valence electrons. The van der Waals surface area contributed by atoms with E-state index in [2.05, 4.69) is 29.2 Å². The van der Waals surface area contributed by atoms with Gasteiger partial charge < -0.3 is 0 Å². The molecule has 0 N–H and O–H groups in total. The first kappa shape index (κ1) is 20.8. The Kier molecular flexibility index (Phi) is 5.34. The maximum Gasteiger partial charge on any atom is 0.330 e. The van der Waals surface area contributed by atoms with E-state index in [1.54, 1.807) is 27.3 Å². The summed E-state index contributed by atoms with van der Waals surface area (Å²) < 4.78 is 29.8. The summed E-state index contributed by atoms with van der Waals surface area (Å²) in [4.78, 5) is 15.5. The molecular formula is C22H28N4O3S. The summed E-state index contributed by atoms with van der Waals surface area (Å²) in [5.41, 5.74) is 3.94. The van der Waals surface area contributed by atoms with E-state index in [4.69, 9.17) is 0 Å². The molecule has 8 heteroatoms. The van der Waals surface area contributed by atoms with Crippen LogP contribution in [-0.4, -0.2) is 47.9 Å². The fraction of sp³-hybridized carbons (Fsp3) is 0.409. The molecular weight excluding hydrogens is 400 g/mol. The number of aryl methyl sites for hydroxylation is 2. The zero-order valence-corrected chi connectivity index (χ0v) is 18.7. The Bertz CT molecular complexity index is 1260. The van der Waals surface area contributed by atoms with Gasteiger partial charge in [0.1, 0.15) is 0 Å². The van der Waals surface area contributed by atoms with E-state index < -0.39 is 10.0 Å². The van der Waals surface area contributed by atoms with Crippen LogP contribution < -0.4 is 5.69 Å². The van der Waals surface area contributed by atoms with Gasteiger partial charge in [-0.05, 0) is 56.1 Å². The van der Waals surface area contributed by atoms with E-state index in [1.807, 2.05) is 14.0 Å². The van der Waals surface area contributed by atoms with Crippen molar-refractivity contribution in [3.05, 3.63) is 64.1 Å². The molecule has 0 amide bonds. The molecule has 0 saturated heterocycles. The summed E-state index contributed by atoms with van der Waals surface area (Å²) in [6, 6.07) is 13.6. The predicted octanol–water partition coefficient (Wildman–Crippen LogP) is 2.65. The maximum absolute atomic E-state index is 13.1. The van der Waals surface area contributed by atoms with Crippen molar-refractivity contribution in [1.29, 1.82) is 0 Å². The molecule has 1 aromatic heterocycles. The highest BCUT2D eigenvalue weighted by Crippen LogP contribution is 2.35. The number of aromatic nitrogens is 2. The van der Waals surface area contributed by atoms with Gasteiger partial charge in [0, 0.05) is 26.7 Å². The molecule has 1 unspecified atom stereocenters. The molecule has 3 aromatic rings. The quantitative estimate of drug-likeness (QED) is 0.605. The molecule has 0 bridgehead atoms. The van der Waals surface area contributed by atoms with Crippen molar-refractivity contribution < 1.29 is 8.42 Å². The number of fused-ring (bicyclic) bond motifs is 2. The van der Waals surface area contributed by atoms with Crippen molar-refractivity contribution in [2.45, 2.75) is 43.9 Å². The number of sulfonamides is 1. The van der Waals surface area contributed by atoms with Gasteiger partial charge in [-0.3, -0.25) is 14.0 Å². The lowest BCUT2D eigenvalue weighted by atomic mass is 10.1. The van der Waals surface area contributed by atoms with Gasteiger partial charge in [0.25, 0.3) is 0 Å². The molecule has 2 aromatic carbocycles. The molecule has 1 atom stereocenters. The molecule has 30 heavy (non-hydrogen) atoms. The number of imidazole rings is 1. The van der Waals surface area contributed by atoms with Gasteiger partial charge in [-0.15, -0.1) is 0 Å². The first-order valence-corrected chi connectivity index (χ1v) is 11.6. The molecule has 0 spiro atoms. The van der Waals surface area contributed by atoms with E-state index in [9.17, 15) is 13.2 Å². The third-order valence-electron chi connectivity index (χ3n) is 6.08. The molecule has 1 heterocycles.